The van der Waals surface area contributed by atoms with Crippen LogP contribution in [0, 0.1) is 0 Å². The number of rotatable bonds is 5. The number of hydrogen-bond acceptors (Lipinski definition) is 4. The Balaban J connectivity index is 2.29. The van der Waals surface area contributed by atoms with Gasteiger partial charge in [0.05, 0.1) is 0 Å². The third-order valence-corrected chi connectivity index (χ3v) is 3.51. The maximum Gasteiger partial charge on any atom is 0.433 e. The van der Waals surface area contributed by atoms with Crippen LogP contribution >= 0.6 is 11.6 Å². The normalized spacial score (nSPS) is 16.1. The van der Waals surface area contributed by atoms with Gasteiger partial charge in [-0.2, -0.15) is 13.2 Å². The number of anilines is 1. The fraction of sp³-hybridized carbons (Fsp3) is 0.667. The van der Waals surface area contributed by atoms with Crippen LogP contribution in [0.3, 0.4) is 0 Å². The van der Waals surface area contributed by atoms with Crippen molar-refractivity contribution in [3.05, 3.63) is 17.0 Å². The van der Waals surface area contributed by atoms with Gasteiger partial charge >= 0.3 is 6.18 Å². The second-order valence-electron chi connectivity index (χ2n) is 4.73. The monoisotopic (exact) mass is 309 g/mol. The van der Waals surface area contributed by atoms with E-state index in [1.165, 1.54) is 0 Å². The molecule has 0 spiro atoms. The summed E-state index contributed by atoms with van der Waals surface area (Å²) < 4.78 is 38.3. The molecule has 1 aliphatic carbocycles. The first-order valence-electron chi connectivity index (χ1n) is 6.41. The van der Waals surface area contributed by atoms with Crippen molar-refractivity contribution in [3.8, 4) is 0 Å². The SMILES string of the molecule is OCCCN(c1cc(C(F)(F)F)nc(Cl)n1)C1CCC1. The van der Waals surface area contributed by atoms with Crippen LogP contribution in [0.15, 0.2) is 6.07 Å². The third kappa shape index (κ3) is 3.52. The van der Waals surface area contributed by atoms with Crippen molar-refractivity contribution in [2.24, 2.45) is 0 Å². The van der Waals surface area contributed by atoms with Crippen LogP contribution in [-0.2, 0) is 6.18 Å². The van der Waals surface area contributed by atoms with Crippen LogP contribution in [0.2, 0.25) is 5.28 Å². The Morgan fingerprint density at radius 1 is 1.35 bits per heavy atom. The highest BCUT2D eigenvalue weighted by atomic mass is 35.5. The van der Waals surface area contributed by atoms with E-state index < -0.39 is 17.2 Å². The molecule has 0 saturated heterocycles. The van der Waals surface area contributed by atoms with Gasteiger partial charge in [0.25, 0.3) is 0 Å². The van der Waals surface area contributed by atoms with Crippen LogP contribution < -0.4 is 4.90 Å². The first kappa shape index (κ1) is 15.3. The second kappa shape index (κ2) is 6.13. The van der Waals surface area contributed by atoms with Gasteiger partial charge in [-0.15, -0.1) is 0 Å². The lowest BCUT2D eigenvalue weighted by Gasteiger charge is -2.38. The van der Waals surface area contributed by atoms with Crippen LogP contribution in [0.1, 0.15) is 31.4 Å². The molecule has 1 saturated carbocycles. The van der Waals surface area contributed by atoms with Crippen molar-refractivity contribution in [1.29, 1.82) is 0 Å². The van der Waals surface area contributed by atoms with Gasteiger partial charge in [0.2, 0.25) is 5.28 Å². The Hall–Kier alpha value is -1.08. The Bertz CT molecular complexity index is 466. The molecule has 1 heterocycles. The minimum absolute atomic E-state index is 0.0197. The molecule has 20 heavy (non-hydrogen) atoms. The fourth-order valence-corrected chi connectivity index (χ4v) is 2.30. The van der Waals surface area contributed by atoms with E-state index in [1.807, 2.05) is 0 Å². The Labute approximate surface area is 119 Å². The molecule has 0 aliphatic heterocycles. The molecule has 2 rings (SSSR count). The average molecular weight is 310 g/mol. The molecular weight excluding hydrogens is 295 g/mol. The molecule has 4 nitrogen and oxygen atoms in total. The molecule has 1 aromatic rings. The largest absolute Gasteiger partial charge is 0.433 e. The number of aliphatic hydroxyl groups excluding tert-OH is 1. The Morgan fingerprint density at radius 3 is 2.55 bits per heavy atom. The van der Waals surface area contributed by atoms with E-state index in [9.17, 15) is 13.2 Å². The predicted octanol–water partition coefficient (Wildman–Crippen LogP) is 2.89. The quantitative estimate of drug-likeness (QED) is 0.850. The minimum Gasteiger partial charge on any atom is -0.396 e. The number of hydrogen-bond donors (Lipinski definition) is 1. The summed E-state index contributed by atoms with van der Waals surface area (Å²) in [6.45, 7) is 0.431. The van der Waals surface area contributed by atoms with Crippen molar-refractivity contribution in [1.82, 2.24) is 9.97 Å². The van der Waals surface area contributed by atoms with Crippen molar-refractivity contribution >= 4 is 17.4 Å². The van der Waals surface area contributed by atoms with E-state index in [0.29, 0.717) is 13.0 Å². The topological polar surface area (TPSA) is 49.2 Å². The van der Waals surface area contributed by atoms with Crippen LogP contribution in [-0.4, -0.2) is 34.3 Å². The second-order valence-corrected chi connectivity index (χ2v) is 5.07. The summed E-state index contributed by atoms with van der Waals surface area (Å²) in [6, 6.07) is 1.08. The van der Waals surface area contributed by atoms with Crippen molar-refractivity contribution in [3.63, 3.8) is 0 Å². The molecule has 112 valence electrons. The molecule has 0 atom stereocenters. The lowest BCUT2D eigenvalue weighted by atomic mass is 9.91. The molecule has 8 heteroatoms. The predicted molar refractivity (Wildman–Crippen MR) is 68.7 cm³/mol. The Morgan fingerprint density at radius 2 is 2.05 bits per heavy atom. The van der Waals surface area contributed by atoms with Gasteiger partial charge in [-0.05, 0) is 37.3 Å². The van der Waals surface area contributed by atoms with Crippen molar-refractivity contribution in [2.45, 2.75) is 37.9 Å². The highest BCUT2D eigenvalue weighted by Crippen LogP contribution is 2.33. The third-order valence-electron chi connectivity index (χ3n) is 3.34. The summed E-state index contributed by atoms with van der Waals surface area (Å²) in [5.41, 5.74) is -1.04. The van der Waals surface area contributed by atoms with Gasteiger partial charge in [-0.3, -0.25) is 0 Å². The van der Waals surface area contributed by atoms with Gasteiger partial charge in [0, 0.05) is 25.3 Å². The van der Waals surface area contributed by atoms with Gasteiger partial charge in [0.15, 0.2) is 5.69 Å². The van der Waals surface area contributed by atoms with E-state index >= 15 is 0 Å². The maximum absolute atomic E-state index is 12.8. The standard InChI is InChI=1S/C12H15ClF3N3O/c13-11-17-9(12(14,15)16)7-10(18-11)19(5-2-6-20)8-3-1-4-8/h7-8,20H,1-6H2. The smallest absolute Gasteiger partial charge is 0.396 e. The zero-order valence-electron chi connectivity index (χ0n) is 10.7. The molecule has 1 aliphatic rings. The summed E-state index contributed by atoms with van der Waals surface area (Å²) in [5.74, 6) is 0.176. The van der Waals surface area contributed by atoms with E-state index in [1.54, 1.807) is 4.90 Å². The first-order chi connectivity index (χ1) is 9.41. The average Bonchev–Trinajstić information content (AvgIpc) is 2.30. The molecule has 0 radical (unpaired) electrons. The zero-order chi connectivity index (χ0) is 14.8. The van der Waals surface area contributed by atoms with E-state index in [2.05, 4.69) is 9.97 Å². The van der Waals surface area contributed by atoms with Crippen LogP contribution in [0.25, 0.3) is 0 Å². The number of aliphatic hydroxyl groups is 1. The van der Waals surface area contributed by atoms with Gasteiger partial charge in [-0.25, -0.2) is 9.97 Å². The van der Waals surface area contributed by atoms with Crippen LogP contribution in [0.4, 0.5) is 19.0 Å². The Kier molecular flexibility index (Phi) is 4.70. The van der Waals surface area contributed by atoms with Crippen molar-refractivity contribution < 1.29 is 18.3 Å². The molecule has 0 aromatic carbocycles. The van der Waals surface area contributed by atoms with E-state index in [0.717, 1.165) is 25.3 Å². The summed E-state index contributed by atoms with van der Waals surface area (Å²) in [4.78, 5) is 8.91. The summed E-state index contributed by atoms with van der Waals surface area (Å²) in [7, 11) is 0. The molecule has 0 bridgehead atoms. The molecule has 1 N–H and O–H groups in total. The molecular formula is C12H15ClF3N3O. The number of nitrogens with zero attached hydrogens (tertiary/aromatic N) is 3. The van der Waals surface area contributed by atoms with E-state index in [4.69, 9.17) is 16.7 Å². The molecule has 0 amide bonds. The lowest BCUT2D eigenvalue weighted by molar-refractivity contribution is -0.141. The molecule has 1 fully saturated rings. The first-order valence-corrected chi connectivity index (χ1v) is 6.79. The van der Waals surface area contributed by atoms with Gasteiger partial charge in [0.1, 0.15) is 5.82 Å². The summed E-state index contributed by atoms with van der Waals surface area (Å²) in [5, 5.41) is 8.49. The molecule has 1 aromatic heterocycles. The fourth-order valence-electron chi connectivity index (χ4n) is 2.12. The maximum atomic E-state index is 12.8. The van der Waals surface area contributed by atoms with Gasteiger partial charge in [-0.1, -0.05) is 0 Å². The zero-order valence-corrected chi connectivity index (χ0v) is 11.5. The van der Waals surface area contributed by atoms with Crippen molar-refractivity contribution in [2.75, 3.05) is 18.1 Å². The lowest BCUT2D eigenvalue weighted by Crippen LogP contribution is -2.41. The number of alkyl halides is 3. The molecule has 0 unspecified atom stereocenters. The number of halogens is 4. The summed E-state index contributed by atoms with van der Waals surface area (Å²) in [6.07, 6.45) is -1.21. The van der Waals surface area contributed by atoms with Crippen LogP contribution in [0.5, 0.6) is 0 Å². The minimum atomic E-state index is -4.55. The van der Waals surface area contributed by atoms with Gasteiger partial charge < -0.3 is 10.0 Å². The summed E-state index contributed by atoms with van der Waals surface area (Å²) >= 11 is 5.60. The van der Waals surface area contributed by atoms with E-state index in [-0.39, 0.29) is 18.5 Å². The highest BCUT2D eigenvalue weighted by Gasteiger charge is 2.35. The number of aromatic nitrogens is 2. The highest BCUT2D eigenvalue weighted by molar-refractivity contribution is 6.28.